The summed E-state index contributed by atoms with van der Waals surface area (Å²) in [5, 5.41) is 4.63. The van der Waals surface area contributed by atoms with Crippen LogP contribution >= 0.6 is 11.6 Å². The van der Waals surface area contributed by atoms with Gasteiger partial charge in [-0.1, -0.05) is 28.9 Å². The summed E-state index contributed by atoms with van der Waals surface area (Å²) in [7, 11) is 1.40. The van der Waals surface area contributed by atoms with Gasteiger partial charge in [-0.2, -0.15) is 4.98 Å². The molecule has 0 bridgehead atoms. The molecular formula is C21H19ClFN3O3. The predicted octanol–water partition coefficient (Wildman–Crippen LogP) is 4.10. The molecule has 1 unspecified atom stereocenters. The van der Waals surface area contributed by atoms with E-state index in [1.54, 1.807) is 11.0 Å². The summed E-state index contributed by atoms with van der Waals surface area (Å²) in [5.41, 5.74) is 1.61. The highest BCUT2D eigenvalue weighted by atomic mass is 35.5. The van der Waals surface area contributed by atoms with Crippen molar-refractivity contribution in [3.8, 4) is 17.1 Å². The molecule has 29 heavy (non-hydrogen) atoms. The molecule has 8 heteroatoms. The quantitative estimate of drug-likeness (QED) is 0.606. The molecular weight excluding hydrogens is 397 g/mol. The van der Waals surface area contributed by atoms with E-state index in [1.165, 1.54) is 19.2 Å². The number of carbonyl (C=O) groups excluding carboxylic acids is 1. The molecule has 1 aliphatic heterocycles. The minimum atomic E-state index is -0.499. The maximum Gasteiger partial charge on any atom is 0.232 e. The van der Waals surface area contributed by atoms with Crippen molar-refractivity contribution >= 4 is 17.5 Å². The second-order valence-corrected chi connectivity index (χ2v) is 7.36. The molecule has 0 spiro atoms. The van der Waals surface area contributed by atoms with Gasteiger partial charge in [0, 0.05) is 30.1 Å². The van der Waals surface area contributed by atoms with Crippen LogP contribution < -0.4 is 4.74 Å². The van der Waals surface area contributed by atoms with E-state index in [0.29, 0.717) is 36.0 Å². The van der Waals surface area contributed by atoms with Gasteiger partial charge in [0.2, 0.25) is 17.6 Å². The van der Waals surface area contributed by atoms with Crippen molar-refractivity contribution in [3.05, 3.63) is 64.8 Å². The SMILES string of the molecule is COc1ccc(-c2noc(C3CC(=O)N(CCc4ccc(Cl)cc4)C3)n2)cc1F. The number of ether oxygens (including phenoxy) is 1. The summed E-state index contributed by atoms with van der Waals surface area (Å²) in [6, 6.07) is 12.1. The summed E-state index contributed by atoms with van der Waals surface area (Å²) >= 11 is 5.90. The number of amides is 1. The molecule has 0 radical (unpaired) electrons. The topological polar surface area (TPSA) is 68.5 Å². The molecule has 4 rings (SSSR count). The molecule has 1 saturated heterocycles. The lowest BCUT2D eigenvalue weighted by atomic mass is 10.1. The first kappa shape index (κ1) is 19.4. The Morgan fingerprint density at radius 2 is 2.07 bits per heavy atom. The summed E-state index contributed by atoms with van der Waals surface area (Å²) in [4.78, 5) is 18.6. The zero-order valence-corrected chi connectivity index (χ0v) is 16.5. The Morgan fingerprint density at radius 3 is 2.79 bits per heavy atom. The zero-order valence-electron chi connectivity index (χ0n) is 15.8. The van der Waals surface area contributed by atoms with Gasteiger partial charge in [-0.25, -0.2) is 4.39 Å². The summed E-state index contributed by atoms with van der Waals surface area (Å²) in [6.07, 6.45) is 1.06. The molecule has 2 aromatic carbocycles. The highest BCUT2D eigenvalue weighted by molar-refractivity contribution is 6.30. The van der Waals surface area contributed by atoms with E-state index >= 15 is 0 Å². The van der Waals surface area contributed by atoms with Crippen LogP contribution in [-0.4, -0.2) is 41.1 Å². The van der Waals surface area contributed by atoms with E-state index in [4.69, 9.17) is 20.9 Å². The minimum absolute atomic E-state index is 0.0548. The lowest BCUT2D eigenvalue weighted by Gasteiger charge is -2.15. The summed E-state index contributed by atoms with van der Waals surface area (Å²) < 4.78 is 24.2. The number of halogens is 2. The van der Waals surface area contributed by atoms with Gasteiger partial charge in [0.05, 0.1) is 13.0 Å². The largest absolute Gasteiger partial charge is 0.494 e. The van der Waals surface area contributed by atoms with Crippen molar-refractivity contribution in [2.45, 2.75) is 18.8 Å². The number of hydrogen-bond donors (Lipinski definition) is 0. The number of rotatable bonds is 6. The number of benzene rings is 2. The summed E-state index contributed by atoms with van der Waals surface area (Å²) in [5.74, 6) is 0.208. The highest BCUT2D eigenvalue weighted by Crippen LogP contribution is 2.30. The van der Waals surface area contributed by atoms with Gasteiger partial charge in [-0.05, 0) is 42.3 Å². The lowest BCUT2D eigenvalue weighted by Crippen LogP contribution is -2.27. The maximum absolute atomic E-state index is 13.9. The molecule has 0 saturated carbocycles. The van der Waals surface area contributed by atoms with Crippen LogP contribution in [0.3, 0.4) is 0 Å². The van der Waals surface area contributed by atoms with Crippen LogP contribution in [0.25, 0.3) is 11.4 Å². The zero-order chi connectivity index (χ0) is 20.4. The predicted molar refractivity (Wildman–Crippen MR) is 105 cm³/mol. The van der Waals surface area contributed by atoms with Crippen molar-refractivity contribution in [2.24, 2.45) is 0 Å². The van der Waals surface area contributed by atoms with Gasteiger partial charge in [-0.15, -0.1) is 0 Å². The Hall–Kier alpha value is -2.93. The fraction of sp³-hybridized carbons (Fsp3) is 0.286. The van der Waals surface area contributed by atoms with E-state index in [9.17, 15) is 9.18 Å². The second kappa shape index (κ2) is 8.21. The fourth-order valence-electron chi connectivity index (χ4n) is 3.39. The molecule has 1 aliphatic rings. The van der Waals surface area contributed by atoms with Crippen LogP contribution in [0, 0.1) is 5.82 Å². The normalized spacial score (nSPS) is 16.4. The van der Waals surface area contributed by atoms with E-state index in [0.717, 1.165) is 12.0 Å². The van der Waals surface area contributed by atoms with Gasteiger partial charge in [0.1, 0.15) is 0 Å². The van der Waals surface area contributed by atoms with Crippen LogP contribution in [0.5, 0.6) is 5.75 Å². The second-order valence-electron chi connectivity index (χ2n) is 6.92. The van der Waals surface area contributed by atoms with Gasteiger partial charge in [0.15, 0.2) is 11.6 Å². The Morgan fingerprint density at radius 1 is 1.28 bits per heavy atom. The third-order valence-electron chi connectivity index (χ3n) is 5.00. The fourth-order valence-corrected chi connectivity index (χ4v) is 3.52. The van der Waals surface area contributed by atoms with Gasteiger partial charge < -0.3 is 14.2 Å². The van der Waals surface area contributed by atoms with Gasteiger partial charge in [-0.3, -0.25) is 4.79 Å². The molecule has 1 amide bonds. The Bertz CT molecular complexity index is 1020. The van der Waals surface area contributed by atoms with Crippen molar-refractivity contribution in [1.29, 1.82) is 0 Å². The lowest BCUT2D eigenvalue weighted by molar-refractivity contribution is -0.127. The first-order chi connectivity index (χ1) is 14.0. The van der Waals surface area contributed by atoms with Crippen molar-refractivity contribution in [3.63, 3.8) is 0 Å². The number of carbonyl (C=O) groups is 1. The minimum Gasteiger partial charge on any atom is -0.494 e. The number of methoxy groups -OCH3 is 1. The molecule has 150 valence electrons. The van der Waals surface area contributed by atoms with E-state index in [2.05, 4.69) is 10.1 Å². The van der Waals surface area contributed by atoms with E-state index < -0.39 is 5.82 Å². The van der Waals surface area contributed by atoms with Crippen LogP contribution in [0.2, 0.25) is 5.02 Å². The van der Waals surface area contributed by atoms with Gasteiger partial charge >= 0.3 is 0 Å². The van der Waals surface area contributed by atoms with Crippen LogP contribution in [0.4, 0.5) is 4.39 Å². The number of hydrogen-bond acceptors (Lipinski definition) is 5. The molecule has 0 aliphatic carbocycles. The van der Waals surface area contributed by atoms with Crippen LogP contribution in [-0.2, 0) is 11.2 Å². The Kier molecular flexibility index (Phi) is 5.49. The summed E-state index contributed by atoms with van der Waals surface area (Å²) in [6.45, 7) is 1.13. The average Bonchev–Trinajstić information content (AvgIpc) is 3.34. The Balaban J connectivity index is 1.41. The first-order valence-electron chi connectivity index (χ1n) is 9.23. The van der Waals surface area contributed by atoms with Gasteiger partial charge in [0.25, 0.3) is 0 Å². The third-order valence-corrected chi connectivity index (χ3v) is 5.25. The Labute approximate surface area is 172 Å². The van der Waals surface area contributed by atoms with Crippen LogP contribution in [0.1, 0.15) is 23.8 Å². The van der Waals surface area contributed by atoms with E-state index in [1.807, 2.05) is 24.3 Å². The average molecular weight is 416 g/mol. The number of likely N-dealkylation sites (tertiary alicyclic amines) is 1. The van der Waals surface area contributed by atoms with Crippen LogP contribution in [0.15, 0.2) is 47.0 Å². The molecule has 0 N–H and O–H groups in total. The number of nitrogens with zero attached hydrogens (tertiary/aromatic N) is 3. The molecule has 2 heterocycles. The first-order valence-corrected chi connectivity index (χ1v) is 9.61. The molecule has 1 atom stereocenters. The molecule has 3 aromatic rings. The molecule has 1 aromatic heterocycles. The monoisotopic (exact) mass is 415 g/mol. The smallest absolute Gasteiger partial charge is 0.232 e. The van der Waals surface area contributed by atoms with E-state index in [-0.39, 0.29) is 23.4 Å². The highest BCUT2D eigenvalue weighted by Gasteiger charge is 2.34. The molecule has 1 fully saturated rings. The van der Waals surface area contributed by atoms with Crippen molar-refractivity contribution in [1.82, 2.24) is 15.0 Å². The maximum atomic E-state index is 13.9. The standard InChI is InChI=1S/C21H19ClFN3O3/c1-28-18-7-4-14(10-17(18)23)20-24-21(29-25-20)15-11-19(27)26(12-15)9-8-13-2-5-16(22)6-3-13/h2-7,10,15H,8-9,11-12H2,1H3. The van der Waals surface area contributed by atoms with Crippen molar-refractivity contribution < 1.29 is 18.4 Å². The van der Waals surface area contributed by atoms with Crippen molar-refractivity contribution in [2.75, 3.05) is 20.2 Å². The third kappa shape index (κ3) is 4.24. The number of aromatic nitrogens is 2. The molecule has 6 nitrogen and oxygen atoms in total.